The molecule has 0 bridgehead atoms. The SMILES string of the molecule is CCCOCCCNCC(O)CN1CCOCC1. The number of nitrogens with one attached hydrogen (secondary N) is 1. The smallest absolute Gasteiger partial charge is 0.0791 e. The second-order valence-electron chi connectivity index (χ2n) is 4.74. The fourth-order valence-corrected chi connectivity index (χ4v) is 1.96. The van der Waals surface area contributed by atoms with E-state index in [1.807, 2.05) is 0 Å². The molecule has 1 aliphatic rings. The van der Waals surface area contributed by atoms with Crippen LogP contribution < -0.4 is 5.32 Å². The molecule has 0 aromatic heterocycles. The first-order valence-corrected chi connectivity index (χ1v) is 7.09. The van der Waals surface area contributed by atoms with E-state index in [1.54, 1.807) is 0 Å². The zero-order valence-corrected chi connectivity index (χ0v) is 11.6. The molecule has 0 saturated carbocycles. The van der Waals surface area contributed by atoms with Crippen molar-refractivity contribution in [2.45, 2.75) is 25.9 Å². The summed E-state index contributed by atoms with van der Waals surface area (Å²) in [4.78, 5) is 2.25. The minimum absolute atomic E-state index is 0.292. The molecule has 0 amide bonds. The first-order chi connectivity index (χ1) is 8.83. The lowest BCUT2D eigenvalue weighted by molar-refractivity contribution is 0.0148. The molecule has 108 valence electrons. The molecular weight excluding hydrogens is 232 g/mol. The summed E-state index contributed by atoms with van der Waals surface area (Å²) in [7, 11) is 0. The predicted octanol–water partition coefficient (Wildman–Crippen LogP) is 0.0858. The van der Waals surface area contributed by atoms with Crippen molar-refractivity contribution >= 4 is 0 Å². The van der Waals surface area contributed by atoms with Gasteiger partial charge in [0.1, 0.15) is 0 Å². The zero-order valence-electron chi connectivity index (χ0n) is 11.6. The molecule has 2 N–H and O–H groups in total. The maximum absolute atomic E-state index is 9.87. The fraction of sp³-hybridized carbons (Fsp3) is 1.00. The van der Waals surface area contributed by atoms with Gasteiger partial charge in [-0.05, 0) is 19.4 Å². The molecule has 1 rings (SSSR count). The van der Waals surface area contributed by atoms with Crippen LogP contribution >= 0.6 is 0 Å². The summed E-state index contributed by atoms with van der Waals surface area (Å²) >= 11 is 0. The topological polar surface area (TPSA) is 54.0 Å². The molecule has 1 aliphatic heterocycles. The third-order valence-corrected chi connectivity index (χ3v) is 2.94. The molecule has 5 heteroatoms. The number of ether oxygens (including phenoxy) is 2. The normalized spacial score (nSPS) is 19.0. The van der Waals surface area contributed by atoms with E-state index in [4.69, 9.17) is 9.47 Å². The van der Waals surface area contributed by atoms with Gasteiger partial charge in [0.05, 0.1) is 19.3 Å². The summed E-state index contributed by atoms with van der Waals surface area (Å²) in [5, 5.41) is 13.1. The summed E-state index contributed by atoms with van der Waals surface area (Å²) in [5.74, 6) is 0. The molecular formula is C13H28N2O3. The third kappa shape index (κ3) is 8.00. The Labute approximate surface area is 110 Å². The molecule has 1 atom stereocenters. The highest BCUT2D eigenvalue weighted by Crippen LogP contribution is 1.98. The van der Waals surface area contributed by atoms with Gasteiger partial charge < -0.3 is 19.9 Å². The van der Waals surface area contributed by atoms with E-state index in [-0.39, 0.29) is 6.10 Å². The van der Waals surface area contributed by atoms with Crippen molar-refractivity contribution < 1.29 is 14.6 Å². The van der Waals surface area contributed by atoms with Crippen molar-refractivity contribution in [3.63, 3.8) is 0 Å². The summed E-state index contributed by atoms with van der Waals surface area (Å²) in [5.41, 5.74) is 0. The van der Waals surface area contributed by atoms with Gasteiger partial charge in [0.2, 0.25) is 0 Å². The number of aliphatic hydroxyl groups is 1. The Balaban J connectivity index is 1.88. The molecule has 1 fully saturated rings. The van der Waals surface area contributed by atoms with Crippen LogP contribution in [0.2, 0.25) is 0 Å². The number of rotatable bonds is 10. The van der Waals surface area contributed by atoms with E-state index in [0.717, 1.165) is 65.4 Å². The minimum Gasteiger partial charge on any atom is -0.390 e. The van der Waals surface area contributed by atoms with Gasteiger partial charge in [-0.3, -0.25) is 4.90 Å². The Morgan fingerprint density at radius 1 is 1.33 bits per heavy atom. The summed E-state index contributed by atoms with van der Waals surface area (Å²) in [6, 6.07) is 0. The second kappa shape index (κ2) is 10.7. The van der Waals surface area contributed by atoms with E-state index >= 15 is 0 Å². The minimum atomic E-state index is -0.292. The van der Waals surface area contributed by atoms with Gasteiger partial charge in [-0.1, -0.05) is 6.92 Å². The first-order valence-electron chi connectivity index (χ1n) is 7.09. The number of nitrogens with zero attached hydrogens (tertiary/aromatic N) is 1. The van der Waals surface area contributed by atoms with Gasteiger partial charge in [-0.2, -0.15) is 0 Å². The van der Waals surface area contributed by atoms with Crippen LogP contribution in [0.15, 0.2) is 0 Å². The molecule has 0 aliphatic carbocycles. The second-order valence-corrected chi connectivity index (χ2v) is 4.74. The van der Waals surface area contributed by atoms with Gasteiger partial charge in [-0.25, -0.2) is 0 Å². The van der Waals surface area contributed by atoms with Gasteiger partial charge >= 0.3 is 0 Å². The van der Waals surface area contributed by atoms with Crippen LogP contribution in [0.3, 0.4) is 0 Å². The molecule has 0 spiro atoms. The molecule has 0 radical (unpaired) electrons. The number of hydrogen-bond donors (Lipinski definition) is 2. The lowest BCUT2D eigenvalue weighted by atomic mass is 10.3. The van der Waals surface area contributed by atoms with Crippen molar-refractivity contribution in [1.29, 1.82) is 0 Å². The maximum Gasteiger partial charge on any atom is 0.0791 e. The van der Waals surface area contributed by atoms with Crippen molar-refractivity contribution in [2.75, 3.05) is 59.2 Å². The summed E-state index contributed by atoms with van der Waals surface area (Å²) in [6.45, 7) is 9.51. The molecule has 0 aromatic rings. The average Bonchev–Trinajstić information content (AvgIpc) is 2.39. The lowest BCUT2D eigenvalue weighted by Crippen LogP contribution is -2.43. The van der Waals surface area contributed by atoms with Crippen LogP contribution in [0.5, 0.6) is 0 Å². The van der Waals surface area contributed by atoms with Gasteiger partial charge in [0.15, 0.2) is 0 Å². The molecule has 1 saturated heterocycles. The number of hydrogen-bond acceptors (Lipinski definition) is 5. The Hall–Kier alpha value is -0.200. The zero-order chi connectivity index (χ0) is 13.1. The number of morpholine rings is 1. The van der Waals surface area contributed by atoms with Crippen molar-refractivity contribution in [3.05, 3.63) is 0 Å². The summed E-state index contributed by atoms with van der Waals surface area (Å²) < 4.78 is 10.7. The van der Waals surface area contributed by atoms with Crippen LogP contribution in [0.4, 0.5) is 0 Å². The van der Waals surface area contributed by atoms with Gasteiger partial charge in [0, 0.05) is 39.4 Å². The Bertz CT molecular complexity index is 187. The predicted molar refractivity (Wildman–Crippen MR) is 71.9 cm³/mol. The number of aliphatic hydroxyl groups excluding tert-OH is 1. The Morgan fingerprint density at radius 2 is 2.11 bits per heavy atom. The van der Waals surface area contributed by atoms with Crippen LogP contribution in [0, 0.1) is 0 Å². The van der Waals surface area contributed by atoms with Crippen molar-refractivity contribution in [3.8, 4) is 0 Å². The summed E-state index contributed by atoms with van der Waals surface area (Å²) in [6.07, 6.45) is 1.79. The van der Waals surface area contributed by atoms with Crippen molar-refractivity contribution in [2.24, 2.45) is 0 Å². The Morgan fingerprint density at radius 3 is 2.83 bits per heavy atom. The molecule has 1 unspecified atom stereocenters. The highest BCUT2D eigenvalue weighted by Gasteiger charge is 2.14. The van der Waals surface area contributed by atoms with Gasteiger partial charge in [0.25, 0.3) is 0 Å². The van der Waals surface area contributed by atoms with Crippen LogP contribution in [0.1, 0.15) is 19.8 Å². The fourth-order valence-electron chi connectivity index (χ4n) is 1.96. The highest BCUT2D eigenvalue weighted by molar-refractivity contribution is 4.69. The van der Waals surface area contributed by atoms with Gasteiger partial charge in [-0.15, -0.1) is 0 Å². The van der Waals surface area contributed by atoms with E-state index in [9.17, 15) is 5.11 Å². The van der Waals surface area contributed by atoms with Crippen LogP contribution in [-0.2, 0) is 9.47 Å². The van der Waals surface area contributed by atoms with E-state index in [0.29, 0.717) is 6.54 Å². The molecule has 18 heavy (non-hydrogen) atoms. The molecule has 0 aromatic carbocycles. The largest absolute Gasteiger partial charge is 0.390 e. The van der Waals surface area contributed by atoms with Crippen molar-refractivity contribution in [1.82, 2.24) is 10.2 Å². The maximum atomic E-state index is 9.87. The van der Waals surface area contributed by atoms with E-state index in [2.05, 4.69) is 17.1 Å². The third-order valence-electron chi connectivity index (χ3n) is 2.94. The van der Waals surface area contributed by atoms with E-state index < -0.39 is 0 Å². The highest BCUT2D eigenvalue weighted by atomic mass is 16.5. The van der Waals surface area contributed by atoms with Crippen LogP contribution in [-0.4, -0.2) is 75.3 Å². The van der Waals surface area contributed by atoms with E-state index in [1.165, 1.54) is 0 Å². The Kier molecular flexibility index (Phi) is 9.42. The standard InChI is InChI=1S/C13H28N2O3/c1-2-7-17-8-3-4-14-11-13(16)12-15-5-9-18-10-6-15/h13-14,16H,2-12H2,1H3. The number of β-amino-alcohol motifs (C(OH)–C–C–N with tert-alkyl or cyclic N) is 1. The van der Waals surface area contributed by atoms with Crippen LogP contribution in [0.25, 0.3) is 0 Å². The monoisotopic (exact) mass is 260 g/mol. The first kappa shape index (κ1) is 15.9. The quantitative estimate of drug-likeness (QED) is 0.545. The lowest BCUT2D eigenvalue weighted by Gasteiger charge is -2.28. The molecule has 5 nitrogen and oxygen atoms in total. The molecule has 1 heterocycles. The average molecular weight is 260 g/mol.